The van der Waals surface area contributed by atoms with E-state index in [1.165, 1.54) is 6.92 Å². The average Bonchev–Trinajstić information content (AvgIpc) is 3.07. The summed E-state index contributed by atoms with van der Waals surface area (Å²) in [7, 11) is 0. The minimum absolute atomic E-state index is 0.232. The first kappa shape index (κ1) is 17.9. The highest BCUT2D eigenvalue weighted by Crippen LogP contribution is 2.39. The van der Waals surface area contributed by atoms with Gasteiger partial charge in [0.25, 0.3) is 0 Å². The molecule has 136 valence electrons. The molecule has 1 aromatic carbocycles. The Labute approximate surface area is 147 Å². The summed E-state index contributed by atoms with van der Waals surface area (Å²) in [6.45, 7) is 6.47. The molecule has 0 amide bonds. The Kier molecular flexibility index (Phi) is 5.73. The molecule has 1 unspecified atom stereocenters. The molecule has 2 aliphatic rings. The average molecular weight is 348 g/mol. The summed E-state index contributed by atoms with van der Waals surface area (Å²) in [4.78, 5) is 21.8. The molecule has 1 aliphatic heterocycles. The normalized spacial score (nSPS) is 21.9. The Balaban J connectivity index is 1.48. The van der Waals surface area contributed by atoms with Crippen molar-refractivity contribution in [3.8, 4) is 5.75 Å². The Morgan fingerprint density at radius 3 is 2.56 bits per heavy atom. The summed E-state index contributed by atoms with van der Waals surface area (Å²) in [5.41, 5.74) is 1.74. The van der Waals surface area contributed by atoms with Gasteiger partial charge in [0.2, 0.25) is 5.79 Å². The third kappa shape index (κ3) is 4.60. The monoisotopic (exact) mass is 348 g/mol. The predicted octanol–water partition coefficient (Wildman–Crippen LogP) is 3.26. The van der Waals surface area contributed by atoms with E-state index in [1.54, 1.807) is 0 Å². The van der Waals surface area contributed by atoms with Crippen molar-refractivity contribution in [2.75, 3.05) is 19.8 Å². The number of hydrogen-bond acceptors (Lipinski definition) is 6. The van der Waals surface area contributed by atoms with Crippen molar-refractivity contribution in [3.05, 3.63) is 36.4 Å². The minimum Gasteiger partial charge on any atom is -0.490 e. The van der Waals surface area contributed by atoms with E-state index in [4.69, 9.17) is 24.0 Å². The van der Waals surface area contributed by atoms with E-state index in [1.807, 2.05) is 24.3 Å². The SMILES string of the molecule is C=C(c1ccc(OCCOC(C)=O)cc1)C1COC2(CCCC2)OO1. The van der Waals surface area contributed by atoms with Gasteiger partial charge in [-0.15, -0.1) is 0 Å². The van der Waals surface area contributed by atoms with Crippen molar-refractivity contribution in [2.45, 2.75) is 44.5 Å². The largest absolute Gasteiger partial charge is 0.490 e. The van der Waals surface area contributed by atoms with E-state index >= 15 is 0 Å². The van der Waals surface area contributed by atoms with E-state index in [9.17, 15) is 4.79 Å². The third-order valence-electron chi connectivity index (χ3n) is 4.45. The fraction of sp³-hybridized carbons (Fsp3) is 0.526. The lowest BCUT2D eigenvalue weighted by Crippen LogP contribution is -2.43. The van der Waals surface area contributed by atoms with Crippen molar-refractivity contribution in [1.82, 2.24) is 0 Å². The van der Waals surface area contributed by atoms with Crippen molar-refractivity contribution in [1.29, 1.82) is 0 Å². The second-order valence-electron chi connectivity index (χ2n) is 6.34. The van der Waals surface area contributed by atoms with Crippen LogP contribution >= 0.6 is 0 Å². The number of hydrogen-bond donors (Lipinski definition) is 0. The zero-order chi connectivity index (χ0) is 17.7. The summed E-state index contributed by atoms with van der Waals surface area (Å²) in [5.74, 6) is -0.159. The van der Waals surface area contributed by atoms with Gasteiger partial charge in [0.05, 0.1) is 6.61 Å². The van der Waals surface area contributed by atoms with Gasteiger partial charge < -0.3 is 14.2 Å². The van der Waals surface area contributed by atoms with Crippen molar-refractivity contribution in [2.24, 2.45) is 0 Å². The van der Waals surface area contributed by atoms with Crippen LogP contribution in [0.5, 0.6) is 5.75 Å². The molecule has 25 heavy (non-hydrogen) atoms. The van der Waals surface area contributed by atoms with Gasteiger partial charge in [-0.05, 0) is 36.1 Å². The van der Waals surface area contributed by atoms with E-state index in [2.05, 4.69) is 6.58 Å². The molecular weight excluding hydrogens is 324 g/mol. The maximum atomic E-state index is 10.7. The Morgan fingerprint density at radius 2 is 1.96 bits per heavy atom. The van der Waals surface area contributed by atoms with Crippen molar-refractivity contribution >= 4 is 11.5 Å². The molecule has 1 saturated heterocycles. The molecule has 6 nitrogen and oxygen atoms in total. The van der Waals surface area contributed by atoms with Gasteiger partial charge in [0.15, 0.2) is 0 Å². The molecule has 0 radical (unpaired) electrons. The highest BCUT2D eigenvalue weighted by atomic mass is 17.2. The fourth-order valence-electron chi connectivity index (χ4n) is 3.02. The van der Waals surface area contributed by atoms with Gasteiger partial charge in [-0.3, -0.25) is 4.79 Å². The van der Waals surface area contributed by atoms with E-state index in [0.717, 1.165) is 36.8 Å². The molecule has 0 aromatic heterocycles. The van der Waals surface area contributed by atoms with Crippen LogP contribution in [0.3, 0.4) is 0 Å². The first-order chi connectivity index (χ1) is 12.1. The maximum absolute atomic E-state index is 10.7. The Hall–Kier alpha value is -1.89. The van der Waals surface area contributed by atoms with E-state index in [0.29, 0.717) is 19.0 Å². The van der Waals surface area contributed by atoms with Crippen LogP contribution in [0.25, 0.3) is 5.57 Å². The van der Waals surface area contributed by atoms with Crippen LogP contribution < -0.4 is 4.74 Å². The summed E-state index contributed by atoms with van der Waals surface area (Å²) in [5, 5.41) is 0. The number of esters is 1. The zero-order valence-corrected chi connectivity index (χ0v) is 14.5. The zero-order valence-electron chi connectivity index (χ0n) is 14.5. The van der Waals surface area contributed by atoms with Crippen LogP contribution in [0.4, 0.5) is 0 Å². The van der Waals surface area contributed by atoms with Gasteiger partial charge in [0.1, 0.15) is 25.1 Å². The highest BCUT2D eigenvalue weighted by molar-refractivity contribution is 5.67. The maximum Gasteiger partial charge on any atom is 0.302 e. The van der Waals surface area contributed by atoms with Crippen LogP contribution in [-0.4, -0.2) is 37.7 Å². The molecule has 1 aliphatic carbocycles. The molecule has 1 aromatic rings. The van der Waals surface area contributed by atoms with Gasteiger partial charge in [-0.25, -0.2) is 9.78 Å². The first-order valence-electron chi connectivity index (χ1n) is 8.62. The lowest BCUT2D eigenvalue weighted by atomic mass is 10.0. The lowest BCUT2D eigenvalue weighted by molar-refractivity contribution is -0.475. The molecule has 0 N–H and O–H groups in total. The first-order valence-corrected chi connectivity index (χ1v) is 8.62. The summed E-state index contributed by atoms with van der Waals surface area (Å²) < 4.78 is 16.3. The second-order valence-corrected chi connectivity index (χ2v) is 6.34. The molecule has 1 saturated carbocycles. The number of carbonyl (C=O) groups is 1. The number of rotatable bonds is 6. The standard InChI is InChI=1S/C19H24O6/c1-14(18-13-23-19(25-24-18)9-3-4-10-19)16-5-7-17(8-6-16)22-12-11-21-15(2)20/h5-8,18H,1,3-4,9-13H2,2H3. The summed E-state index contributed by atoms with van der Waals surface area (Å²) >= 11 is 0. The van der Waals surface area contributed by atoms with Crippen LogP contribution in [-0.2, 0) is 24.0 Å². The minimum atomic E-state index is -0.545. The van der Waals surface area contributed by atoms with Crippen molar-refractivity contribution in [3.63, 3.8) is 0 Å². The number of benzene rings is 1. The quantitative estimate of drug-likeness (QED) is 0.447. The van der Waals surface area contributed by atoms with Crippen LogP contribution in [0.2, 0.25) is 0 Å². The lowest BCUT2D eigenvalue weighted by Gasteiger charge is -2.36. The van der Waals surface area contributed by atoms with E-state index in [-0.39, 0.29) is 18.7 Å². The van der Waals surface area contributed by atoms with Gasteiger partial charge in [-0.2, -0.15) is 0 Å². The summed E-state index contributed by atoms with van der Waals surface area (Å²) in [6, 6.07) is 7.51. The van der Waals surface area contributed by atoms with Gasteiger partial charge in [-0.1, -0.05) is 18.7 Å². The smallest absolute Gasteiger partial charge is 0.302 e. The second kappa shape index (κ2) is 7.99. The Morgan fingerprint density at radius 1 is 1.24 bits per heavy atom. The number of carbonyl (C=O) groups excluding carboxylic acids is 1. The molecule has 6 heteroatoms. The highest BCUT2D eigenvalue weighted by Gasteiger charge is 2.42. The molecule has 1 atom stereocenters. The van der Waals surface area contributed by atoms with Crippen LogP contribution in [0, 0.1) is 0 Å². The van der Waals surface area contributed by atoms with Crippen LogP contribution in [0.15, 0.2) is 30.8 Å². The molecule has 0 bridgehead atoms. The van der Waals surface area contributed by atoms with Gasteiger partial charge in [0, 0.05) is 19.8 Å². The topological polar surface area (TPSA) is 63.2 Å². The van der Waals surface area contributed by atoms with E-state index < -0.39 is 5.79 Å². The van der Waals surface area contributed by atoms with Crippen LogP contribution in [0.1, 0.15) is 38.2 Å². The number of ether oxygens (including phenoxy) is 3. The Bertz CT molecular complexity index is 593. The van der Waals surface area contributed by atoms with Crippen molar-refractivity contribution < 1.29 is 28.8 Å². The molecule has 1 spiro atoms. The van der Waals surface area contributed by atoms with Gasteiger partial charge >= 0.3 is 5.97 Å². The molecule has 2 fully saturated rings. The predicted molar refractivity (Wildman–Crippen MR) is 90.7 cm³/mol. The third-order valence-corrected chi connectivity index (χ3v) is 4.45. The molecule has 3 rings (SSSR count). The molecular formula is C19H24O6. The fourth-order valence-corrected chi connectivity index (χ4v) is 3.02. The molecule has 1 heterocycles. The summed E-state index contributed by atoms with van der Waals surface area (Å²) in [6.07, 6.45) is 3.65.